The van der Waals surface area contributed by atoms with Crippen molar-refractivity contribution in [2.75, 3.05) is 33.4 Å². The van der Waals surface area contributed by atoms with Gasteiger partial charge in [-0.2, -0.15) is 0 Å². The molecule has 1 heterocycles. The van der Waals surface area contributed by atoms with Crippen LogP contribution >= 0.6 is 12.4 Å². The van der Waals surface area contributed by atoms with Crippen molar-refractivity contribution in [1.82, 2.24) is 4.90 Å². The maximum Gasteiger partial charge on any atom is 0.242 e. The number of methoxy groups -OCH3 is 1. The summed E-state index contributed by atoms with van der Waals surface area (Å²) in [6.45, 7) is 4.05. The van der Waals surface area contributed by atoms with Gasteiger partial charge in [-0.1, -0.05) is 0 Å². The molecule has 0 spiro atoms. The summed E-state index contributed by atoms with van der Waals surface area (Å²) in [5.41, 5.74) is 5.65. The summed E-state index contributed by atoms with van der Waals surface area (Å²) in [6.07, 6.45) is 0.0995. The summed E-state index contributed by atoms with van der Waals surface area (Å²) in [6, 6.07) is -0.551. The summed E-state index contributed by atoms with van der Waals surface area (Å²) in [5, 5.41) is 0. The molecule has 0 saturated carbocycles. The molecule has 1 fully saturated rings. The van der Waals surface area contributed by atoms with Gasteiger partial charge in [-0.25, -0.2) is 0 Å². The number of morpholine rings is 1. The summed E-state index contributed by atoms with van der Waals surface area (Å²) in [5.74, 6) is -0.0537. The van der Waals surface area contributed by atoms with E-state index in [4.69, 9.17) is 15.2 Å². The number of nitrogens with zero attached hydrogens (tertiary/aromatic N) is 1. The first-order valence-electron chi connectivity index (χ1n) is 4.80. The van der Waals surface area contributed by atoms with Crippen LogP contribution in [-0.4, -0.2) is 56.4 Å². The van der Waals surface area contributed by atoms with Crippen LogP contribution in [0.5, 0.6) is 0 Å². The quantitative estimate of drug-likeness (QED) is 0.729. The number of halogens is 1. The van der Waals surface area contributed by atoms with Crippen LogP contribution in [-0.2, 0) is 14.3 Å². The average Bonchev–Trinajstić information content (AvgIpc) is 2.17. The zero-order valence-electron chi connectivity index (χ0n) is 9.14. The molecule has 90 valence electrons. The third-order valence-corrected chi connectivity index (χ3v) is 2.22. The number of nitrogens with two attached hydrogens (primary N) is 1. The molecule has 1 amide bonds. The average molecular weight is 239 g/mol. The normalized spacial score (nSPS) is 23.1. The van der Waals surface area contributed by atoms with E-state index >= 15 is 0 Å². The minimum Gasteiger partial charge on any atom is -0.383 e. The fraction of sp³-hybridized carbons (Fsp3) is 0.889. The fourth-order valence-electron chi connectivity index (χ4n) is 1.50. The summed E-state index contributed by atoms with van der Waals surface area (Å²) in [7, 11) is 1.54. The van der Waals surface area contributed by atoms with E-state index < -0.39 is 6.04 Å². The summed E-state index contributed by atoms with van der Waals surface area (Å²) in [4.78, 5) is 13.4. The van der Waals surface area contributed by atoms with Gasteiger partial charge in [0.15, 0.2) is 0 Å². The van der Waals surface area contributed by atoms with E-state index in [1.165, 1.54) is 7.11 Å². The highest BCUT2D eigenvalue weighted by atomic mass is 35.5. The predicted octanol–water partition coefficient (Wildman–Crippen LogP) is -0.371. The molecule has 2 N–H and O–H groups in total. The van der Waals surface area contributed by atoms with Crippen LogP contribution in [0, 0.1) is 0 Å². The van der Waals surface area contributed by atoms with Gasteiger partial charge in [-0.3, -0.25) is 4.79 Å². The highest BCUT2D eigenvalue weighted by molar-refractivity contribution is 5.85. The molecule has 1 aliphatic rings. The number of carbonyl (C=O) groups is 1. The Balaban J connectivity index is 0.00000196. The van der Waals surface area contributed by atoms with Crippen LogP contribution in [0.25, 0.3) is 0 Å². The van der Waals surface area contributed by atoms with Crippen LogP contribution in [0.15, 0.2) is 0 Å². The Kier molecular flexibility index (Phi) is 6.84. The van der Waals surface area contributed by atoms with Crippen molar-refractivity contribution in [3.05, 3.63) is 0 Å². The first kappa shape index (κ1) is 14.6. The van der Waals surface area contributed by atoms with Crippen molar-refractivity contribution in [1.29, 1.82) is 0 Å². The van der Waals surface area contributed by atoms with Crippen LogP contribution in [0.3, 0.4) is 0 Å². The van der Waals surface area contributed by atoms with Crippen molar-refractivity contribution in [3.8, 4) is 0 Å². The molecule has 1 rings (SSSR count). The van der Waals surface area contributed by atoms with E-state index in [2.05, 4.69) is 0 Å². The Bertz CT molecular complexity index is 204. The molecular formula is C9H19ClN2O3. The number of ether oxygens (including phenoxy) is 2. The Morgan fingerprint density at radius 2 is 2.40 bits per heavy atom. The lowest BCUT2D eigenvalue weighted by Crippen LogP contribution is -2.52. The molecule has 0 aromatic heterocycles. The largest absolute Gasteiger partial charge is 0.383 e. The lowest BCUT2D eigenvalue weighted by Gasteiger charge is -2.32. The Hall–Kier alpha value is -0.360. The van der Waals surface area contributed by atoms with Gasteiger partial charge in [0.2, 0.25) is 5.91 Å². The molecule has 0 aliphatic carbocycles. The third kappa shape index (κ3) is 4.34. The highest BCUT2D eigenvalue weighted by Crippen LogP contribution is 2.05. The minimum absolute atomic E-state index is 0. The maximum atomic E-state index is 11.7. The van der Waals surface area contributed by atoms with Gasteiger partial charge in [0.05, 0.1) is 19.3 Å². The first-order valence-corrected chi connectivity index (χ1v) is 4.80. The third-order valence-electron chi connectivity index (χ3n) is 2.22. The molecule has 1 aliphatic heterocycles. The van der Waals surface area contributed by atoms with Gasteiger partial charge in [0, 0.05) is 20.2 Å². The van der Waals surface area contributed by atoms with E-state index in [1.807, 2.05) is 6.92 Å². The van der Waals surface area contributed by atoms with Crippen LogP contribution < -0.4 is 5.73 Å². The number of amides is 1. The van der Waals surface area contributed by atoms with Crippen molar-refractivity contribution >= 4 is 18.3 Å². The monoisotopic (exact) mass is 238 g/mol. The Morgan fingerprint density at radius 1 is 1.73 bits per heavy atom. The van der Waals surface area contributed by atoms with Crippen molar-refractivity contribution < 1.29 is 14.3 Å². The second kappa shape index (κ2) is 7.00. The maximum absolute atomic E-state index is 11.7. The van der Waals surface area contributed by atoms with Gasteiger partial charge < -0.3 is 20.1 Å². The van der Waals surface area contributed by atoms with Crippen LogP contribution in [0.1, 0.15) is 6.92 Å². The summed E-state index contributed by atoms with van der Waals surface area (Å²) >= 11 is 0. The number of rotatable bonds is 3. The number of hydrogen-bond acceptors (Lipinski definition) is 4. The van der Waals surface area contributed by atoms with Crippen molar-refractivity contribution in [2.45, 2.75) is 19.1 Å². The predicted molar refractivity (Wildman–Crippen MR) is 59.1 cm³/mol. The molecule has 0 aromatic carbocycles. The molecule has 0 radical (unpaired) electrons. The lowest BCUT2D eigenvalue weighted by molar-refractivity contribution is -0.140. The van der Waals surface area contributed by atoms with Crippen LogP contribution in [0.2, 0.25) is 0 Å². The molecule has 6 heteroatoms. The number of carbonyl (C=O) groups excluding carboxylic acids is 1. The Labute approximate surface area is 96.3 Å². The second-order valence-corrected chi connectivity index (χ2v) is 3.53. The fourth-order valence-corrected chi connectivity index (χ4v) is 1.50. The molecular weight excluding hydrogens is 220 g/mol. The highest BCUT2D eigenvalue weighted by Gasteiger charge is 2.25. The minimum atomic E-state index is -0.551. The lowest BCUT2D eigenvalue weighted by atomic mass is 10.2. The van der Waals surface area contributed by atoms with Crippen LogP contribution in [0.4, 0.5) is 0 Å². The second-order valence-electron chi connectivity index (χ2n) is 3.53. The Morgan fingerprint density at radius 3 is 2.93 bits per heavy atom. The SMILES string of the molecule is COCC(N)C(=O)N1CCOC(C)C1.Cl. The van der Waals surface area contributed by atoms with Gasteiger partial charge in [0.1, 0.15) is 6.04 Å². The van der Waals surface area contributed by atoms with Crippen molar-refractivity contribution in [3.63, 3.8) is 0 Å². The van der Waals surface area contributed by atoms with Gasteiger partial charge >= 0.3 is 0 Å². The van der Waals surface area contributed by atoms with E-state index in [1.54, 1.807) is 4.90 Å². The zero-order chi connectivity index (χ0) is 10.6. The van der Waals surface area contributed by atoms with Gasteiger partial charge in [-0.05, 0) is 6.92 Å². The molecule has 1 saturated heterocycles. The number of hydrogen-bond donors (Lipinski definition) is 1. The van der Waals surface area contributed by atoms with Gasteiger partial charge in [0.25, 0.3) is 0 Å². The molecule has 2 atom stereocenters. The summed E-state index contributed by atoms with van der Waals surface area (Å²) < 4.78 is 10.2. The van der Waals surface area contributed by atoms with Crippen molar-refractivity contribution in [2.24, 2.45) is 5.73 Å². The molecule has 15 heavy (non-hydrogen) atoms. The zero-order valence-corrected chi connectivity index (χ0v) is 9.96. The molecule has 2 unspecified atom stereocenters. The van der Waals surface area contributed by atoms with E-state index in [-0.39, 0.29) is 31.0 Å². The van der Waals surface area contributed by atoms with E-state index in [9.17, 15) is 4.79 Å². The van der Waals surface area contributed by atoms with E-state index in [0.29, 0.717) is 19.7 Å². The smallest absolute Gasteiger partial charge is 0.242 e. The molecule has 5 nitrogen and oxygen atoms in total. The molecule has 0 bridgehead atoms. The standard InChI is InChI=1S/C9H18N2O3.ClH/c1-7-5-11(3-4-14-7)9(12)8(10)6-13-2;/h7-8H,3-6,10H2,1-2H3;1H. The molecule has 0 aromatic rings. The van der Waals surface area contributed by atoms with Gasteiger partial charge in [-0.15, -0.1) is 12.4 Å². The van der Waals surface area contributed by atoms with E-state index in [0.717, 1.165) is 0 Å². The topological polar surface area (TPSA) is 64.8 Å². The first-order chi connectivity index (χ1) is 6.65.